The highest BCUT2D eigenvalue weighted by atomic mass is 35.5. The van der Waals surface area contributed by atoms with Gasteiger partial charge in [-0.2, -0.15) is 15.1 Å². The first-order valence-electron chi connectivity index (χ1n) is 11.6. The van der Waals surface area contributed by atoms with Gasteiger partial charge in [-0.25, -0.2) is 0 Å². The summed E-state index contributed by atoms with van der Waals surface area (Å²) in [7, 11) is 1.57. The van der Waals surface area contributed by atoms with Gasteiger partial charge in [-0.3, -0.25) is 15.0 Å². The smallest absolute Gasteiger partial charge is 0.283 e. The fourth-order valence-corrected chi connectivity index (χ4v) is 5.72. The van der Waals surface area contributed by atoms with Crippen LogP contribution in [0.1, 0.15) is 36.2 Å². The number of rotatable bonds is 5. The van der Waals surface area contributed by atoms with Gasteiger partial charge in [0.05, 0.1) is 24.1 Å². The minimum atomic E-state index is -0.502. The van der Waals surface area contributed by atoms with E-state index in [-0.39, 0.29) is 23.7 Å². The predicted octanol–water partition coefficient (Wildman–Crippen LogP) is 4.39. The molecule has 3 aliphatic rings. The number of methoxy groups -OCH3 is 1. The predicted molar refractivity (Wildman–Crippen MR) is 142 cm³/mol. The zero-order valence-corrected chi connectivity index (χ0v) is 21.7. The van der Waals surface area contributed by atoms with E-state index in [9.17, 15) is 9.59 Å². The lowest BCUT2D eigenvalue weighted by Gasteiger charge is -2.20. The maximum absolute atomic E-state index is 12.9. The number of benzene rings is 1. The molecule has 11 heteroatoms. The van der Waals surface area contributed by atoms with Gasteiger partial charge in [0.25, 0.3) is 5.91 Å². The van der Waals surface area contributed by atoms with Crippen molar-refractivity contribution in [3.8, 4) is 11.4 Å². The minimum Gasteiger partial charge on any atom is -0.495 e. The Balaban J connectivity index is 1.41. The molecule has 4 heterocycles. The lowest BCUT2D eigenvalue weighted by molar-refractivity contribution is -0.128. The number of amides is 2. The molecule has 0 saturated carbocycles. The Bertz CT molecular complexity index is 1390. The largest absolute Gasteiger partial charge is 0.495 e. The molecule has 36 heavy (non-hydrogen) atoms. The molecule has 0 unspecified atom stereocenters. The number of likely N-dealkylation sites (tertiary alicyclic amines) is 1. The zero-order chi connectivity index (χ0) is 25.6. The zero-order valence-electron chi connectivity index (χ0n) is 20.2. The van der Waals surface area contributed by atoms with Crippen LogP contribution < -0.4 is 4.74 Å². The molecule has 1 N–H and O–H groups in total. The van der Waals surface area contributed by atoms with Crippen molar-refractivity contribution < 1.29 is 14.3 Å². The fraction of sp³-hybridized carbons (Fsp3) is 0.320. The Morgan fingerprint density at radius 3 is 2.69 bits per heavy atom. The highest BCUT2D eigenvalue weighted by Gasteiger charge is 2.36. The lowest BCUT2D eigenvalue weighted by Crippen LogP contribution is -2.35. The fourth-order valence-electron chi connectivity index (χ4n) is 4.59. The van der Waals surface area contributed by atoms with E-state index < -0.39 is 5.91 Å². The van der Waals surface area contributed by atoms with Gasteiger partial charge >= 0.3 is 0 Å². The van der Waals surface area contributed by atoms with Crippen molar-refractivity contribution in [3.63, 3.8) is 0 Å². The monoisotopic (exact) mass is 524 g/mol. The Morgan fingerprint density at radius 2 is 2.00 bits per heavy atom. The molecule has 1 aromatic heterocycles. The number of fused-ring (bicyclic) bond motifs is 1. The number of amidine groups is 2. The third kappa shape index (κ3) is 4.35. The Labute approximate surface area is 218 Å². The summed E-state index contributed by atoms with van der Waals surface area (Å²) >= 11 is 7.51. The van der Waals surface area contributed by atoms with Crippen LogP contribution in [0.3, 0.4) is 0 Å². The van der Waals surface area contributed by atoms with E-state index in [1.54, 1.807) is 19.3 Å². The van der Waals surface area contributed by atoms with Crippen LogP contribution in [0.15, 0.2) is 39.9 Å². The number of hydrogen-bond donors (Lipinski definition) is 1. The number of nitrogens with zero attached hydrogens (tertiary/aromatic N) is 5. The maximum atomic E-state index is 12.9. The summed E-state index contributed by atoms with van der Waals surface area (Å²) in [5.74, 6) is 0.0429. The molecule has 186 valence electrons. The molecule has 3 aliphatic heterocycles. The van der Waals surface area contributed by atoms with Crippen LogP contribution in [0.25, 0.3) is 11.8 Å². The average molecular weight is 525 g/mol. The van der Waals surface area contributed by atoms with Crippen LogP contribution in [0.4, 0.5) is 0 Å². The summed E-state index contributed by atoms with van der Waals surface area (Å²) in [5.41, 5.74) is 3.61. The average Bonchev–Trinajstić information content (AvgIpc) is 3.57. The summed E-state index contributed by atoms with van der Waals surface area (Å²) in [5, 5.41) is 15.8. The van der Waals surface area contributed by atoms with Crippen LogP contribution in [-0.2, 0) is 9.59 Å². The standard InChI is InChI=1S/C25H25ClN6O3S/c1-14-10-16(15(2)31(14)17-6-7-20(35-3)19(26)12-17)11-18-23(27)32-25(28-24(18)34)36-21(29-32)13-22(33)30-8-4-5-9-30/h6-7,10-12,27H,4-5,8-9,13H2,1-3H3/b18-11-,27-23?. The molecule has 0 spiro atoms. The van der Waals surface area contributed by atoms with Gasteiger partial charge in [-0.15, -0.1) is 0 Å². The van der Waals surface area contributed by atoms with Gasteiger partial charge in [0.1, 0.15) is 10.8 Å². The molecule has 2 aromatic rings. The minimum absolute atomic E-state index is 0.0129. The van der Waals surface area contributed by atoms with E-state index in [0.29, 0.717) is 21.0 Å². The van der Waals surface area contributed by atoms with Crippen LogP contribution in [0.5, 0.6) is 5.75 Å². The first kappa shape index (κ1) is 24.3. The molecule has 1 fully saturated rings. The van der Waals surface area contributed by atoms with Crippen LogP contribution in [-0.4, -0.2) is 62.5 Å². The first-order valence-corrected chi connectivity index (χ1v) is 12.8. The normalized spacial score (nSPS) is 18.6. The van der Waals surface area contributed by atoms with E-state index in [1.165, 1.54) is 16.8 Å². The molecule has 0 radical (unpaired) electrons. The number of halogens is 1. The van der Waals surface area contributed by atoms with E-state index in [4.69, 9.17) is 21.7 Å². The van der Waals surface area contributed by atoms with Gasteiger partial charge in [0.15, 0.2) is 5.84 Å². The number of aliphatic imine (C=N–C) groups is 1. The van der Waals surface area contributed by atoms with Crippen molar-refractivity contribution in [1.82, 2.24) is 14.5 Å². The summed E-state index contributed by atoms with van der Waals surface area (Å²) in [6, 6.07) is 7.48. The van der Waals surface area contributed by atoms with Crippen LogP contribution in [0, 0.1) is 19.3 Å². The van der Waals surface area contributed by atoms with Gasteiger partial charge in [0.2, 0.25) is 11.1 Å². The van der Waals surface area contributed by atoms with Crippen LogP contribution >= 0.6 is 23.4 Å². The Morgan fingerprint density at radius 1 is 1.25 bits per heavy atom. The highest BCUT2D eigenvalue weighted by molar-refractivity contribution is 8.27. The number of thioether (sulfide) groups is 1. The number of aryl methyl sites for hydroxylation is 1. The number of carbonyl (C=O) groups excluding carboxylic acids is 2. The van der Waals surface area contributed by atoms with Crippen molar-refractivity contribution >= 4 is 57.3 Å². The third-order valence-electron chi connectivity index (χ3n) is 6.42. The second-order valence-electron chi connectivity index (χ2n) is 8.76. The second-order valence-corrected chi connectivity index (χ2v) is 10.2. The van der Waals surface area contributed by atoms with Gasteiger partial charge in [0, 0.05) is 30.2 Å². The number of hydrazone groups is 1. The molecule has 9 nitrogen and oxygen atoms in total. The van der Waals surface area contributed by atoms with Crippen molar-refractivity contribution in [2.45, 2.75) is 33.1 Å². The Hall–Kier alpha value is -3.37. The van der Waals surface area contributed by atoms with E-state index in [2.05, 4.69) is 10.1 Å². The number of aromatic nitrogens is 1. The van der Waals surface area contributed by atoms with Crippen molar-refractivity contribution in [1.29, 1.82) is 5.41 Å². The molecule has 0 aliphatic carbocycles. The summed E-state index contributed by atoms with van der Waals surface area (Å²) in [6.07, 6.45) is 3.85. The van der Waals surface area contributed by atoms with Gasteiger partial charge in [-0.1, -0.05) is 11.6 Å². The number of hydrogen-bond acceptors (Lipinski definition) is 6. The number of nitrogens with one attached hydrogen (secondary N) is 1. The number of carbonyl (C=O) groups is 2. The molecule has 2 amide bonds. The molecule has 0 atom stereocenters. The lowest BCUT2D eigenvalue weighted by atomic mass is 10.1. The van der Waals surface area contributed by atoms with Crippen molar-refractivity contribution in [2.75, 3.05) is 20.2 Å². The molecule has 5 rings (SSSR count). The van der Waals surface area contributed by atoms with Crippen molar-refractivity contribution in [3.05, 3.63) is 51.8 Å². The van der Waals surface area contributed by atoms with Crippen molar-refractivity contribution in [2.24, 2.45) is 10.1 Å². The summed E-state index contributed by atoms with van der Waals surface area (Å²) < 4.78 is 7.28. The number of ether oxygens (including phenoxy) is 1. The van der Waals surface area contributed by atoms with Crippen LogP contribution in [0.2, 0.25) is 5.02 Å². The summed E-state index contributed by atoms with van der Waals surface area (Å²) in [6.45, 7) is 5.44. The molecule has 0 bridgehead atoms. The van der Waals surface area contributed by atoms with E-state index in [0.717, 1.165) is 48.6 Å². The molecular formula is C25H25ClN6O3S. The Kier molecular flexibility index (Phi) is 6.48. The SMILES string of the molecule is COc1ccc(-n2c(C)cc(/C=C3/C(=N)N4N=C(CC(=O)N5CCCC5)SC4=NC3=O)c2C)cc1Cl. The van der Waals surface area contributed by atoms with E-state index in [1.807, 2.05) is 41.5 Å². The first-order chi connectivity index (χ1) is 17.3. The second kappa shape index (κ2) is 9.59. The summed E-state index contributed by atoms with van der Waals surface area (Å²) in [4.78, 5) is 31.4. The topological polar surface area (TPSA) is 103 Å². The third-order valence-corrected chi connectivity index (χ3v) is 7.63. The van der Waals surface area contributed by atoms with E-state index >= 15 is 0 Å². The maximum Gasteiger partial charge on any atom is 0.283 e. The highest BCUT2D eigenvalue weighted by Crippen LogP contribution is 2.32. The molecular weight excluding hydrogens is 500 g/mol. The molecule has 1 aromatic carbocycles. The van der Waals surface area contributed by atoms with Gasteiger partial charge < -0.3 is 14.2 Å². The molecule has 1 saturated heterocycles. The quantitative estimate of drug-likeness (QED) is 0.584. The van der Waals surface area contributed by atoms with Gasteiger partial charge in [-0.05, 0) is 74.4 Å².